The quantitative estimate of drug-likeness (QED) is 0.0929. The molecule has 9 heterocycles. The Morgan fingerprint density at radius 1 is 0.458 bits per heavy atom. The number of para-hydroxylation sites is 6. The standard InChI is InChI=1S/C28H35BrN4O3.2C22H32N4O4/c1-19(2)35-26-8-6-5-7-25(26)32-13-11-31(12-14-32)17-21-16-23(30-36-21)27(34)33-18-28(3,4)22-15-20(29)9-10-24(22)33;2*1-17(2)29-21-6-4-3-5-20(21)25-9-7-24(8-10-25)16-18-15-19(23-30-18)22(27)26-11-13-28-14-12-26/h5-10,15,19,21H,11-14,16-18H2,1-4H3;2*3-6,17-18H,7-16H2,1-2H3/t21-;2*18-/m010/s1. The molecule has 5 fully saturated rings. The van der Waals surface area contributed by atoms with E-state index in [1.807, 2.05) is 63.2 Å². The van der Waals surface area contributed by atoms with Crippen LogP contribution in [0.5, 0.6) is 17.2 Å². The van der Waals surface area contributed by atoms with Gasteiger partial charge in [0.2, 0.25) is 0 Å². The van der Waals surface area contributed by atoms with Gasteiger partial charge in [-0.15, -0.1) is 0 Å². The molecule has 9 aliphatic heterocycles. The van der Waals surface area contributed by atoms with Gasteiger partial charge < -0.3 is 67.6 Å². The van der Waals surface area contributed by atoms with Crippen molar-refractivity contribution in [2.45, 2.75) is 117 Å². The van der Waals surface area contributed by atoms with Crippen molar-refractivity contribution in [1.82, 2.24) is 24.5 Å². The number of rotatable bonds is 18. The number of anilines is 4. The third-order valence-corrected chi connectivity index (χ3v) is 19.0. The normalized spacial score (nSPS) is 22.2. The van der Waals surface area contributed by atoms with E-state index >= 15 is 0 Å². The van der Waals surface area contributed by atoms with Crippen molar-refractivity contribution in [3.63, 3.8) is 0 Å². The first kappa shape index (κ1) is 70.1. The van der Waals surface area contributed by atoms with Gasteiger partial charge in [0.15, 0.2) is 0 Å². The number of morpholine rings is 2. The van der Waals surface area contributed by atoms with Crippen molar-refractivity contribution in [2.24, 2.45) is 15.5 Å². The van der Waals surface area contributed by atoms with Crippen LogP contribution in [-0.4, -0.2) is 253 Å². The summed E-state index contributed by atoms with van der Waals surface area (Å²) in [5.41, 5.74) is 7.11. The highest BCUT2D eigenvalue weighted by molar-refractivity contribution is 9.10. The minimum Gasteiger partial charge on any atom is -0.489 e. The molecule has 0 unspecified atom stereocenters. The average Bonchev–Trinajstić information content (AvgIpc) is 1.59. The maximum atomic E-state index is 13.4. The Morgan fingerprint density at radius 3 is 1.14 bits per heavy atom. The topological polar surface area (TPSA) is 191 Å². The summed E-state index contributed by atoms with van der Waals surface area (Å²) in [5.74, 6) is 2.77. The Morgan fingerprint density at radius 2 is 0.792 bits per heavy atom. The lowest BCUT2D eigenvalue weighted by atomic mass is 9.87. The Hall–Kier alpha value is -7.22. The van der Waals surface area contributed by atoms with Gasteiger partial charge in [-0.2, -0.15) is 0 Å². The highest BCUT2D eigenvalue weighted by Gasteiger charge is 2.42. The zero-order valence-electron chi connectivity index (χ0n) is 57.5. The number of benzene rings is 4. The van der Waals surface area contributed by atoms with Crippen LogP contribution in [0, 0.1) is 0 Å². The molecule has 4 aromatic rings. The Labute approximate surface area is 575 Å². The van der Waals surface area contributed by atoms with E-state index in [1.165, 1.54) is 5.56 Å². The van der Waals surface area contributed by atoms with Gasteiger partial charge in [0.05, 0.1) is 61.8 Å². The van der Waals surface area contributed by atoms with Gasteiger partial charge in [-0.25, -0.2) is 0 Å². The molecule has 0 aliphatic carbocycles. The molecule has 96 heavy (non-hydrogen) atoms. The molecule has 13 rings (SSSR count). The number of carbonyl (C=O) groups is 3. The minimum atomic E-state index is -0.104. The van der Waals surface area contributed by atoms with Crippen molar-refractivity contribution in [3.05, 3.63) is 101 Å². The Bertz CT molecular complexity index is 3220. The maximum Gasteiger partial charge on any atom is 0.276 e. The van der Waals surface area contributed by atoms with Gasteiger partial charge in [-0.05, 0) is 102 Å². The second-order valence-electron chi connectivity index (χ2n) is 27.4. The molecule has 24 heteroatoms. The van der Waals surface area contributed by atoms with E-state index in [9.17, 15) is 14.4 Å². The largest absolute Gasteiger partial charge is 0.489 e. The second-order valence-corrected chi connectivity index (χ2v) is 28.3. The third kappa shape index (κ3) is 18.3. The summed E-state index contributed by atoms with van der Waals surface area (Å²) in [6, 6.07) is 30.9. The van der Waals surface area contributed by atoms with Crippen molar-refractivity contribution < 1.29 is 52.6 Å². The summed E-state index contributed by atoms with van der Waals surface area (Å²) in [6.45, 7) is 35.8. The fourth-order valence-corrected chi connectivity index (χ4v) is 14.0. The van der Waals surface area contributed by atoms with Crippen LogP contribution in [0.3, 0.4) is 0 Å². The fraction of sp³-hybridized carbons (Fsp3) is 0.583. The molecule has 0 saturated carbocycles. The number of nitrogens with zero attached hydrogens (tertiary/aromatic N) is 12. The molecule has 23 nitrogen and oxygen atoms in total. The summed E-state index contributed by atoms with van der Waals surface area (Å²) in [5, 5.41) is 12.4. The van der Waals surface area contributed by atoms with Crippen LogP contribution in [0.1, 0.15) is 80.2 Å². The lowest BCUT2D eigenvalue weighted by Gasteiger charge is -2.37. The van der Waals surface area contributed by atoms with E-state index in [-0.39, 0.29) is 59.8 Å². The van der Waals surface area contributed by atoms with E-state index in [2.05, 4.69) is 159 Å². The van der Waals surface area contributed by atoms with Crippen LogP contribution in [0.25, 0.3) is 0 Å². The molecule has 5 saturated heterocycles. The molecule has 4 aromatic carbocycles. The molecule has 0 bridgehead atoms. The predicted octanol–water partition coefficient (Wildman–Crippen LogP) is 8.03. The number of piperazine rings is 3. The monoisotopic (exact) mass is 1390 g/mol. The van der Waals surface area contributed by atoms with Crippen LogP contribution in [0.15, 0.2) is 111 Å². The number of amides is 3. The minimum absolute atomic E-state index is 0.00706. The SMILES string of the molecule is CC(C)Oc1ccccc1N1CCN(C[C@@H]2CC(C(=O)N3CC(C)(C)c4cc(Br)ccc43)=NO2)CC1.CC(C)Oc1ccccc1N1CCN(C[C@@H]2CC(C(=O)N3CCOCC3)=NO2)CC1.CC(C)Oc1ccccc1N1CCN(C[C@H]2CC(C(=O)N3CCOCC3)=NO2)CC1. The van der Waals surface area contributed by atoms with Crippen molar-refractivity contribution in [1.29, 1.82) is 0 Å². The summed E-state index contributed by atoms with van der Waals surface area (Å²) in [4.78, 5) is 75.3. The molecule has 520 valence electrons. The van der Waals surface area contributed by atoms with Gasteiger partial charge in [-0.3, -0.25) is 29.1 Å². The van der Waals surface area contributed by atoms with E-state index in [0.29, 0.717) is 95.5 Å². The van der Waals surface area contributed by atoms with E-state index in [4.69, 9.17) is 38.2 Å². The highest BCUT2D eigenvalue weighted by Crippen LogP contribution is 2.42. The van der Waals surface area contributed by atoms with Crippen molar-refractivity contribution in [3.8, 4) is 17.2 Å². The summed E-state index contributed by atoms with van der Waals surface area (Å²) in [7, 11) is 0. The smallest absolute Gasteiger partial charge is 0.276 e. The molecule has 9 aliphatic rings. The second kappa shape index (κ2) is 32.9. The van der Waals surface area contributed by atoms with Crippen LogP contribution >= 0.6 is 15.9 Å². The van der Waals surface area contributed by atoms with Gasteiger partial charge in [-0.1, -0.05) is 81.6 Å². The molecule has 0 aromatic heterocycles. The lowest BCUT2D eigenvalue weighted by Crippen LogP contribution is -2.49. The number of hydrogen-bond acceptors (Lipinski definition) is 20. The fourth-order valence-electron chi connectivity index (χ4n) is 13.6. The summed E-state index contributed by atoms with van der Waals surface area (Å²) in [6.07, 6.45) is 1.98. The predicted molar refractivity (Wildman–Crippen MR) is 378 cm³/mol. The van der Waals surface area contributed by atoms with Gasteiger partial charge in [0.25, 0.3) is 17.7 Å². The van der Waals surface area contributed by atoms with E-state index < -0.39 is 0 Å². The van der Waals surface area contributed by atoms with E-state index in [1.54, 1.807) is 0 Å². The molecule has 0 radical (unpaired) electrons. The number of fused-ring (bicyclic) bond motifs is 1. The number of carbonyl (C=O) groups excluding carboxylic acids is 3. The van der Waals surface area contributed by atoms with Crippen molar-refractivity contribution >= 4 is 73.5 Å². The first-order valence-corrected chi connectivity index (χ1v) is 35.4. The van der Waals surface area contributed by atoms with E-state index in [0.717, 1.165) is 143 Å². The van der Waals surface area contributed by atoms with Gasteiger partial charge >= 0.3 is 0 Å². The highest BCUT2D eigenvalue weighted by atomic mass is 79.9. The summed E-state index contributed by atoms with van der Waals surface area (Å²) >= 11 is 3.56. The molecular weight excluding hydrogens is 1290 g/mol. The molecule has 3 atom stereocenters. The van der Waals surface area contributed by atoms with Crippen LogP contribution in [-0.2, 0) is 43.8 Å². The first-order valence-electron chi connectivity index (χ1n) is 34.6. The molecule has 0 spiro atoms. The zero-order valence-corrected chi connectivity index (χ0v) is 59.0. The van der Waals surface area contributed by atoms with Gasteiger partial charge in [0.1, 0.15) is 52.7 Å². The lowest BCUT2D eigenvalue weighted by molar-refractivity contribution is -0.128. The zero-order chi connectivity index (χ0) is 67.3. The maximum absolute atomic E-state index is 13.4. The van der Waals surface area contributed by atoms with Crippen LogP contribution in [0.4, 0.5) is 22.7 Å². The molecular formula is C72H99BrN12O11. The van der Waals surface area contributed by atoms with Crippen LogP contribution in [0.2, 0.25) is 0 Å². The van der Waals surface area contributed by atoms with Gasteiger partial charge in [0, 0.05) is 166 Å². The number of hydrogen-bond donors (Lipinski definition) is 0. The third-order valence-electron chi connectivity index (χ3n) is 18.5. The number of halogens is 1. The Kier molecular flexibility index (Phi) is 24.0. The molecule has 3 amide bonds. The first-order chi connectivity index (χ1) is 46.4. The molecule has 0 N–H and O–H groups in total. The Balaban J connectivity index is 0.000000147. The summed E-state index contributed by atoms with van der Waals surface area (Å²) < 4.78 is 29.7. The average molecular weight is 1390 g/mol. The number of ether oxygens (including phenoxy) is 5. The van der Waals surface area contributed by atoms with Crippen LogP contribution < -0.4 is 33.8 Å². The van der Waals surface area contributed by atoms with Crippen molar-refractivity contribution in [2.75, 3.05) is 177 Å². The number of oxime groups is 3.